The zero-order valence-electron chi connectivity index (χ0n) is 11.3. The third-order valence-electron chi connectivity index (χ3n) is 2.41. The number of nitro benzene ring substituents is 1. The van der Waals surface area contributed by atoms with Crippen molar-refractivity contribution in [3.8, 4) is 6.07 Å². The number of rotatable bonds is 7. The Morgan fingerprint density at radius 3 is 2.77 bits per heavy atom. The van der Waals surface area contributed by atoms with Gasteiger partial charge in [0.2, 0.25) is 0 Å². The van der Waals surface area contributed by atoms with Gasteiger partial charge in [-0.15, -0.1) is 0 Å². The average molecular weight is 304 g/mol. The molecule has 0 aliphatic carbocycles. The summed E-state index contributed by atoms with van der Waals surface area (Å²) in [4.78, 5) is 32.2. The average Bonchev–Trinajstić information content (AvgIpc) is 2.47. The zero-order chi connectivity index (χ0) is 16.5. The Hall–Kier alpha value is -3.41. The number of carboxylic acids is 1. The lowest BCUT2D eigenvalue weighted by Crippen LogP contribution is -2.18. The fraction of sp³-hybridized carbons (Fsp3) is 0.154. The second-order valence-corrected chi connectivity index (χ2v) is 4.03. The SMILES string of the molecule is N#C/C(=C/NCCC(=O)O)C(=O)Nc1cccc([N+](=O)[O-])c1. The van der Waals surface area contributed by atoms with E-state index in [4.69, 9.17) is 10.4 Å². The number of nitro groups is 1. The number of nitriles is 1. The van der Waals surface area contributed by atoms with Crippen LogP contribution in [0.5, 0.6) is 0 Å². The van der Waals surface area contributed by atoms with E-state index in [1.165, 1.54) is 18.2 Å². The van der Waals surface area contributed by atoms with Crippen LogP contribution in [0.4, 0.5) is 11.4 Å². The number of non-ortho nitro benzene ring substituents is 1. The number of hydrogen-bond acceptors (Lipinski definition) is 6. The van der Waals surface area contributed by atoms with Crippen LogP contribution in [-0.4, -0.2) is 28.5 Å². The number of anilines is 1. The lowest BCUT2D eigenvalue weighted by atomic mass is 10.2. The van der Waals surface area contributed by atoms with Gasteiger partial charge in [0.05, 0.1) is 11.3 Å². The molecule has 0 unspecified atom stereocenters. The Labute approximate surface area is 125 Å². The fourth-order valence-electron chi connectivity index (χ4n) is 1.40. The first-order valence-electron chi connectivity index (χ1n) is 6.05. The predicted octanol–water partition coefficient (Wildman–Crippen LogP) is 1.01. The van der Waals surface area contributed by atoms with E-state index < -0.39 is 16.8 Å². The highest BCUT2D eigenvalue weighted by atomic mass is 16.6. The van der Waals surface area contributed by atoms with Crippen LogP contribution in [0.15, 0.2) is 36.0 Å². The third kappa shape index (κ3) is 5.30. The van der Waals surface area contributed by atoms with Gasteiger partial charge in [-0.1, -0.05) is 6.07 Å². The molecule has 3 N–H and O–H groups in total. The van der Waals surface area contributed by atoms with Crippen LogP contribution in [0.25, 0.3) is 0 Å². The minimum Gasteiger partial charge on any atom is -0.481 e. The number of nitrogens with zero attached hydrogens (tertiary/aromatic N) is 2. The Morgan fingerprint density at radius 2 is 2.18 bits per heavy atom. The molecule has 9 heteroatoms. The summed E-state index contributed by atoms with van der Waals surface area (Å²) in [6.07, 6.45) is 0.928. The number of carbonyl (C=O) groups excluding carboxylic acids is 1. The van der Waals surface area contributed by atoms with E-state index in [2.05, 4.69) is 10.6 Å². The van der Waals surface area contributed by atoms with Gasteiger partial charge in [-0.05, 0) is 6.07 Å². The highest BCUT2D eigenvalue weighted by molar-refractivity contribution is 6.06. The lowest BCUT2D eigenvalue weighted by Gasteiger charge is -2.04. The second-order valence-electron chi connectivity index (χ2n) is 4.03. The van der Waals surface area contributed by atoms with Crippen molar-refractivity contribution in [3.63, 3.8) is 0 Å². The first-order chi connectivity index (χ1) is 10.4. The first kappa shape index (κ1) is 16.6. The summed E-state index contributed by atoms with van der Waals surface area (Å²) in [6, 6.07) is 6.92. The van der Waals surface area contributed by atoms with Gasteiger partial charge in [0, 0.05) is 30.6 Å². The highest BCUT2D eigenvalue weighted by Gasteiger charge is 2.11. The fourth-order valence-corrected chi connectivity index (χ4v) is 1.40. The predicted molar refractivity (Wildman–Crippen MR) is 75.7 cm³/mol. The summed E-state index contributed by atoms with van der Waals surface area (Å²) >= 11 is 0. The van der Waals surface area contributed by atoms with Gasteiger partial charge >= 0.3 is 5.97 Å². The summed E-state index contributed by atoms with van der Waals surface area (Å²) in [5.41, 5.74) is -0.303. The van der Waals surface area contributed by atoms with E-state index >= 15 is 0 Å². The molecule has 9 nitrogen and oxygen atoms in total. The van der Waals surface area contributed by atoms with Crippen molar-refractivity contribution in [1.29, 1.82) is 5.26 Å². The zero-order valence-corrected chi connectivity index (χ0v) is 11.3. The summed E-state index contributed by atoms with van der Waals surface area (Å²) in [5, 5.41) is 32.8. The minimum absolute atomic E-state index is 0.0601. The molecule has 0 spiro atoms. The largest absolute Gasteiger partial charge is 0.481 e. The highest BCUT2D eigenvalue weighted by Crippen LogP contribution is 2.17. The van der Waals surface area contributed by atoms with Crippen LogP contribution in [0.1, 0.15) is 6.42 Å². The van der Waals surface area contributed by atoms with E-state index in [0.717, 1.165) is 12.3 Å². The molecule has 0 heterocycles. The van der Waals surface area contributed by atoms with Gasteiger partial charge in [0.25, 0.3) is 11.6 Å². The van der Waals surface area contributed by atoms with Crippen LogP contribution in [-0.2, 0) is 9.59 Å². The van der Waals surface area contributed by atoms with Crippen molar-refractivity contribution in [2.75, 3.05) is 11.9 Å². The standard InChI is InChI=1S/C13H12N4O5/c14-7-9(8-15-5-4-12(18)19)13(20)16-10-2-1-3-11(6-10)17(21)22/h1-3,6,8,15H,4-5H2,(H,16,20)(H,18,19)/b9-8-. The lowest BCUT2D eigenvalue weighted by molar-refractivity contribution is -0.384. The molecule has 22 heavy (non-hydrogen) atoms. The van der Waals surface area contributed by atoms with E-state index in [9.17, 15) is 19.7 Å². The smallest absolute Gasteiger partial charge is 0.305 e. The van der Waals surface area contributed by atoms with E-state index in [-0.39, 0.29) is 29.9 Å². The molecule has 0 bridgehead atoms. The van der Waals surface area contributed by atoms with Gasteiger partial charge < -0.3 is 15.7 Å². The van der Waals surface area contributed by atoms with Gasteiger partial charge in [0.1, 0.15) is 11.6 Å². The summed E-state index contributed by atoms with van der Waals surface area (Å²) in [6.45, 7) is 0.0601. The molecule has 1 aromatic carbocycles. The number of aliphatic carboxylic acids is 1. The third-order valence-corrected chi connectivity index (χ3v) is 2.41. The van der Waals surface area contributed by atoms with Crippen molar-refractivity contribution in [2.24, 2.45) is 0 Å². The normalized spacial score (nSPS) is 10.4. The molecule has 0 aromatic heterocycles. The Bertz CT molecular complexity index is 663. The number of nitrogens with one attached hydrogen (secondary N) is 2. The molecular formula is C13H12N4O5. The number of carboxylic acid groups (broad SMARTS) is 1. The van der Waals surface area contributed by atoms with Crippen LogP contribution in [0.2, 0.25) is 0 Å². The summed E-state index contributed by atoms with van der Waals surface area (Å²) in [7, 11) is 0. The summed E-state index contributed by atoms with van der Waals surface area (Å²) in [5.74, 6) is -1.77. The van der Waals surface area contributed by atoms with Crippen molar-refractivity contribution in [3.05, 3.63) is 46.2 Å². The molecule has 114 valence electrons. The van der Waals surface area contributed by atoms with Crippen molar-refractivity contribution in [2.45, 2.75) is 6.42 Å². The molecule has 0 aliphatic heterocycles. The molecule has 0 fully saturated rings. The first-order valence-corrected chi connectivity index (χ1v) is 6.05. The Balaban J connectivity index is 2.71. The van der Waals surface area contributed by atoms with E-state index in [1.54, 1.807) is 6.07 Å². The maximum atomic E-state index is 11.8. The van der Waals surface area contributed by atoms with Gasteiger partial charge in [-0.3, -0.25) is 19.7 Å². The van der Waals surface area contributed by atoms with Crippen molar-refractivity contribution in [1.82, 2.24) is 5.32 Å². The van der Waals surface area contributed by atoms with E-state index in [0.29, 0.717) is 0 Å². The maximum Gasteiger partial charge on any atom is 0.305 e. The van der Waals surface area contributed by atoms with Crippen molar-refractivity contribution >= 4 is 23.3 Å². The molecule has 0 radical (unpaired) electrons. The van der Waals surface area contributed by atoms with Crippen LogP contribution >= 0.6 is 0 Å². The monoisotopic (exact) mass is 304 g/mol. The topological polar surface area (TPSA) is 145 Å². The minimum atomic E-state index is -1.01. The molecular weight excluding hydrogens is 292 g/mol. The van der Waals surface area contributed by atoms with Gasteiger partial charge in [-0.2, -0.15) is 5.26 Å². The van der Waals surface area contributed by atoms with Gasteiger partial charge in [-0.25, -0.2) is 0 Å². The van der Waals surface area contributed by atoms with Crippen molar-refractivity contribution < 1.29 is 19.6 Å². The molecule has 0 aliphatic rings. The molecule has 1 amide bonds. The van der Waals surface area contributed by atoms with Crippen LogP contribution in [0, 0.1) is 21.4 Å². The molecule has 0 saturated heterocycles. The Kier molecular flexibility index (Phi) is 6.06. The molecule has 0 atom stereocenters. The summed E-state index contributed by atoms with van der Waals surface area (Å²) < 4.78 is 0. The Morgan fingerprint density at radius 1 is 1.45 bits per heavy atom. The second kappa shape index (κ2) is 8.01. The molecule has 0 saturated carbocycles. The quantitative estimate of drug-likeness (QED) is 0.224. The number of benzene rings is 1. The van der Waals surface area contributed by atoms with E-state index in [1.807, 2.05) is 0 Å². The number of hydrogen-bond donors (Lipinski definition) is 3. The molecule has 1 rings (SSSR count). The molecule has 1 aromatic rings. The number of carbonyl (C=O) groups is 2. The van der Waals surface area contributed by atoms with Crippen LogP contribution in [0.3, 0.4) is 0 Å². The van der Waals surface area contributed by atoms with Gasteiger partial charge in [0.15, 0.2) is 0 Å². The van der Waals surface area contributed by atoms with Crippen LogP contribution < -0.4 is 10.6 Å². The maximum absolute atomic E-state index is 11.8. The number of amides is 1.